The highest BCUT2D eigenvalue weighted by atomic mass is 19.1. The molecule has 62 valence electrons. The molecule has 0 saturated carbocycles. The van der Waals surface area contributed by atoms with Gasteiger partial charge in [-0.25, -0.2) is 4.39 Å². The number of halogens is 1. The van der Waals surface area contributed by atoms with E-state index in [-0.39, 0.29) is 5.82 Å². The van der Waals surface area contributed by atoms with Crippen molar-refractivity contribution in [1.82, 2.24) is 0 Å². The van der Waals surface area contributed by atoms with Crippen molar-refractivity contribution < 1.29 is 4.39 Å². The molecule has 0 aromatic heterocycles. The van der Waals surface area contributed by atoms with E-state index >= 15 is 0 Å². The zero-order valence-corrected chi connectivity index (χ0v) is 7.15. The van der Waals surface area contributed by atoms with Gasteiger partial charge in [-0.2, -0.15) is 0 Å². The van der Waals surface area contributed by atoms with Crippen LogP contribution >= 0.6 is 0 Å². The number of hydrogen-bond acceptors (Lipinski definition) is 0. The van der Waals surface area contributed by atoms with Crippen molar-refractivity contribution in [3.63, 3.8) is 0 Å². The van der Waals surface area contributed by atoms with Gasteiger partial charge in [0.2, 0.25) is 0 Å². The van der Waals surface area contributed by atoms with Gasteiger partial charge in [-0.15, -0.1) is 0 Å². The Hall–Kier alpha value is -1.11. The van der Waals surface area contributed by atoms with Crippen molar-refractivity contribution in [2.75, 3.05) is 0 Å². The lowest BCUT2D eigenvalue weighted by molar-refractivity contribution is 0.623. The minimum absolute atomic E-state index is 0.113. The van der Waals surface area contributed by atoms with Crippen molar-refractivity contribution in [2.24, 2.45) is 0 Å². The predicted molar refractivity (Wildman–Crippen MR) is 48.5 cm³/mol. The van der Waals surface area contributed by atoms with E-state index in [0.717, 1.165) is 29.5 Å². The second-order valence-corrected chi connectivity index (χ2v) is 3.32. The first-order chi connectivity index (χ1) is 5.70. The maximum Gasteiger partial charge on any atom is 0.130 e. The minimum Gasteiger partial charge on any atom is -0.206 e. The van der Waals surface area contributed by atoms with Crippen molar-refractivity contribution >= 4 is 5.57 Å². The van der Waals surface area contributed by atoms with E-state index in [0.29, 0.717) is 0 Å². The Balaban J connectivity index is 2.72. The Morgan fingerprint density at radius 3 is 2.75 bits per heavy atom. The maximum atomic E-state index is 13.3. The van der Waals surface area contributed by atoms with Gasteiger partial charge in [0.05, 0.1) is 0 Å². The van der Waals surface area contributed by atoms with E-state index in [9.17, 15) is 4.39 Å². The van der Waals surface area contributed by atoms with E-state index in [1.54, 1.807) is 0 Å². The molecular formula is C11H11F. The molecule has 0 aliphatic heterocycles. The molecule has 0 heterocycles. The van der Waals surface area contributed by atoms with Gasteiger partial charge in [-0.3, -0.25) is 0 Å². The second-order valence-electron chi connectivity index (χ2n) is 3.32. The number of fused-ring (bicyclic) bond motifs is 1. The summed E-state index contributed by atoms with van der Waals surface area (Å²) in [5, 5.41) is 0. The van der Waals surface area contributed by atoms with Crippen molar-refractivity contribution in [3.05, 3.63) is 41.2 Å². The summed E-state index contributed by atoms with van der Waals surface area (Å²) in [5.41, 5.74) is 4.06. The van der Waals surface area contributed by atoms with E-state index in [2.05, 4.69) is 6.58 Å². The predicted octanol–water partition coefficient (Wildman–Crippen LogP) is 3.09. The zero-order valence-electron chi connectivity index (χ0n) is 7.15. The van der Waals surface area contributed by atoms with Crippen molar-refractivity contribution in [1.29, 1.82) is 0 Å². The summed E-state index contributed by atoms with van der Waals surface area (Å²) in [6, 6.07) is 3.37. The van der Waals surface area contributed by atoms with Crippen LogP contribution in [0.2, 0.25) is 0 Å². The van der Waals surface area contributed by atoms with Crippen LogP contribution < -0.4 is 0 Å². The smallest absolute Gasteiger partial charge is 0.130 e. The van der Waals surface area contributed by atoms with Crippen molar-refractivity contribution in [2.45, 2.75) is 19.8 Å². The minimum atomic E-state index is -0.113. The van der Waals surface area contributed by atoms with Crippen LogP contribution in [-0.2, 0) is 6.42 Å². The highest BCUT2D eigenvalue weighted by Gasteiger charge is 2.19. The van der Waals surface area contributed by atoms with Crippen LogP contribution in [0.3, 0.4) is 0 Å². The molecular weight excluding hydrogens is 151 g/mol. The topological polar surface area (TPSA) is 0 Å². The largest absolute Gasteiger partial charge is 0.206 e. The maximum absolute atomic E-state index is 13.3. The van der Waals surface area contributed by atoms with Crippen LogP contribution in [0.15, 0.2) is 18.7 Å². The number of benzene rings is 1. The van der Waals surface area contributed by atoms with E-state index in [4.69, 9.17) is 0 Å². The molecule has 0 radical (unpaired) electrons. The molecule has 0 saturated heterocycles. The molecule has 0 amide bonds. The summed E-state index contributed by atoms with van der Waals surface area (Å²) < 4.78 is 13.3. The zero-order chi connectivity index (χ0) is 8.72. The third-order valence-corrected chi connectivity index (χ3v) is 2.53. The lowest BCUT2D eigenvalue weighted by Gasteiger charge is -2.04. The number of allylic oxidation sites excluding steroid dienone is 1. The Kier molecular flexibility index (Phi) is 1.53. The molecule has 1 aromatic rings. The standard InChI is InChI=1S/C11H11F/c1-7-4-6-10(12)11-8(2)3-5-9(7)11/h4,6H,2-3,5H2,1H3. The molecule has 0 nitrogen and oxygen atoms in total. The van der Waals surface area contributed by atoms with Crippen LogP contribution in [0, 0.1) is 12.7 Å². The molecule has 0 N–H and O–H groups in total. The van der Waals surface area contributed by atoms with E-state index in [1.165, 1.54) is 11.6 Å². The molecule has 0 unspecified atom stereocenters. The molecule has 0 bridgehead atoms. The Morgan fingerprint density at radius 1 is 1.33 bits per heavy atom. The Morgan fingerprint density at radius 2 is 2.08 bits per heavy atom. The molecule has 0 fully saturated rings. The van der Waals surface area contributed by atoms with Gasteiger partial charge in [-0.1, -0.05) is 12.6 Å². The normalized spacial score (nSPS) is 15.0. The summed E-state index contributed by atoms with van der Waals surface area (Å²) in [5.74, 6) is -0.113. The quantitative estimate of drug-likeness (QED) is 0.550. The number of hydrogen-bond donors (Lipinski definition) is 0. The lowest BCUT2D eigenvalue weighted by atomic mass is 10.0. The summed E-state index contributed by atoms with van der Waals surface area (Å²) in [4.78, 5) is 0. The third kappa shape index (κ3) is 0.893. The van der Waals surface area contributed by atoms with Gasteiger partial charge in [0, 0.05) is 5.56 Å². The third-order valence-electron chi connectivity index (χ3n) is 2.53. The van der Waals surface area contributed by atoms with Gasteiger partial charge < -0.3 is 0 Å². The summed E-state index contributed by atoms with van der Waals surface area (Å²) in [7, 11) is 0. The highest BCUT2D eigenvalue weighted by Crippen LogP contribution is 2.34. The first kappa shape index (κ1) is 7.53. The van der Waals surface area contributed by atoms with Gasteiger partial charge >= 0.3 is 0 Å². The van der Waals surface area contributed by atoms with Crippen LogP contribution in [0.25, 0.3) is 5.57 Å². The average molecular weight is 162 g/mol. The number of rotatable bonds is 0. The van der Waals surface area contributed by atoms with Gasteiger partial charge in [-0.05, 0) is 42.5 Å². The van der Waals surface area contributed by atoms with E-state index in [1.807, 2.05) is 13.0 Å². The fraction of sp³-hybridized carbons (Fsp3) is 0.273. The van der Waals surface area contributed by atoms with Crippen LogP contribution in [0.1, 0.15) is 23.1 Å². The molecule has 1 aliphatic carbocycles. The highest BCUT2D eigenvalue weighted by molar-refractivity contribution is 5.72. The van der Waals surface area contributed by atoms with Crippen LogP contribution in [0.5, 0.6) is 0 Å². The van der Waals surface area contributed by atoms with Crippen LogP contribution in [-0.4, -0.2) is 0 Å². The molecule has 1 aliphatic rings. The van der Waals surface area contributed by atoms with Gasteiger partial charge in [0.15, 0.2) is 0 Å². The summed E-state index contributed by atoms with van der Waals surface area (Å²) in [6.07, 6.45) is 1.87. The van der Waals surface area contributed by atoms with E-state index < -0.39 is 0 Å². The molecule has 1 heteroatoms. The Bertz CT molecular complexity index is 350. The Labute approximate surface area is 71.7 Å². The summed E-state index contributed by atoms with van der Waals surface area (Å²) in [6.45, 7) is 5.88. The van der Waals surface area contributed by atoms with Crippen molar-refractivity contribution in [3.8, 4) is 0 Å². The average Bonchev–Trinajstić information content (AvgIpc) is 2.42. The second kappa shape index (κ2) is 2.44. The fourth-order valence-corrected chi connectivity index (χ4v) is 1.83. The molecule has 0 spiro atoms. The van der Waals surface area contributed by atoms with Crippen LogP contribution in [0.4, 0.5) is 4.39 Å². The summed E-state index contributed by atoms with van der Waals surface area (Å²) >= 11 is 0. The SMILES string of the molecule is C=C1CCc2c(C)ccc(F)c21. The van der Waals surface area contributed by atoms with Gasteiger partial charge in [0.1, 0.15) is 5.82 Å². The molecule has 2 rings (SSSR count). The first-order valence-corrected chi connectivity index (χ1v) is 4.16. The molecule has 1 aromatic carbocycles. The fourth-order valence-electron chi connectivity index (χ4n) is 1.83. The first-order valence-electron chi connectivity index (χ1n) is 4.16. The van der Waals surface area contributed by atoms with Gasteiger partial charge in [0.25, 0.3) is 0 Å². The monoisotopic (exact) mass is 162 g/mol. The number of aryl methyl sites for hydroxylation is 1. The lowest BCUT2D eigenvalue weighted by Crippen LogP contribution is -1.90. The molecule has 12 heavy (non-hydrogen) atoms. The molecule has 0 atom stereocenters.